The van der Waals surface area contributed by atoms with Crippen LogP contribution in [0, 0.1) is 19.8 Å². The topological polar surface area (TPSA) is 67.9 Å². The van der Waals surface area contributed by atoms with Gasteiger partial charge in [-0.2, -0.15) is 0 Å². The van der Waals surface area contributed by atoms with Gasteiger partial charge in [-0.15, -0.1) is 0 Å². The van der Waals surface area contributed by atoms with E-state index in [0.717, 1.165) is 16.8 Å². The van der Waals surface area contributed by atoms with Crippen LogP contribution in [0.1, 0.15) is 17.5 Å². The maximum absolute atomic E-state index is 12.6. The van der Waals surface area contributed by atoms with Crippen molar-refractivity contribution in [2.75, 3.05) is 31.0 Å². The van der Waals surface area contributed by atoms with Crippen LogP contribution < -0.4 is 19.7 Å². The normalized spacial score (nSPS) is 16.4. The van der Waals surface area contributed by atoms with Crippen molar-refractivity contribution in [3.05, 3.63) is 47.5 Å². The van der Waals surface area contributed by atoms with Gasteiger partial charge in [0, 0.05) is 30.4 Å². The van der Waals surface area contributed by atoms with Gasteiger partial charge in [-0.1, -0.05) is 6.07 Å². The number of rotatable bonds is 5. The average Bonchev–Trinajstić information content (AvgIpc) is 3.02. The summed E-state index contributed by atoms with van der Waals surface area (Å²) < 4.78 is 10.5. The molecule has 142 valence electrons. The summed E-state index contributed by atoms with van der Waals surface area (Å²) >= 11 is 0. The highest BCUT2D eigenvalue weighted by atomic mass is 16.5. The number of benzene rings is 2. The number of ether oxygens (including phenoxy) is 2. The summed E-state index contributed by atoms with van der Waals surface area (Å²) in [6.07, 6.45) is 0.185. The lowest BCUT2D eigenvalue weighted by Crippen LogP contribution is -2.28. The van der Waals surface area contributed by atoms with E-state index in [1.165, 1.54) is 0 Å². The summed E-state index contributed by atoms with van der Waals surface area (Å²) in [4.78, 5) is 26.7. The molecule has 1 aliphatic rings. The number of methoxy groups -OCH3 is 2. The van der Waals surface area contributed by atoms with E-state index in [1.807, 2.05) is 32.0 Å². The molecular weight excluding hydrogens is 344 g/mol. The first-order valence-electron chi connectivity index (χ1n) is 8.83. The van der Waals surface area contributed by atoms with Crippen LogP contribution in [0.15, 0.2) is 36.4 Å². The molecule has 6 nitrogen and oxygen atoms in total. The third-order valence-corrected chi connectivity index (χ3v) is 4.66. The lowest BCUT2D eigenvalue weighted by Gasteiger charge is -2.18. The SMILES string of the molecule is COc1ccc(N2CC(C(=O)Nc3cc(C)cc(C)c3)CC2=O)cc1OC. The van der Waals surface area contributed by atoms with Crippen molar-refractivity contribution >= 4 is 23.2 Å². The van der Waals surface area contributed by atoms with E-state index in [0.29, 0.717) is 23.7 Å². The molecule has 0 saturated carbocycles. The Morgan fingerprint density at radius 3 is 2.33 bits per heavy atom. The highest BCUT2D eigenvalue weighted by molar-refractivity contribution is 6.03. The Balaban J connectivity index is 1.74. The number of aryl methyl sites for hydroxylation is 2. The molecule has 1 saturated heterocycles. The number of anilines is 2. The van der Waals surface area contributed by atoms with Gasteiger partial charge in [0.1, 0.15) is 0 Å². The smallest absolute Gasteiger partial charge is 0.229 e. The molecule has 1 aliphatic heterocycles. The number of amides is 2. The first-order valence-corrected chi connectivity index (χ1v) is 8.83. The van der Waals surface area contributed by atoms with Crippen LogP contribution >= 0.6 is 0 Å². The van der Waals surface area contributed by atoms with Gasteiger partial charge in [-0.05, 0) is 49.2 Å². The van der Waals surface area contributed by atoms with E-state index < -0.39 is 5.92 Å². The number of carbonyl (C=O) groups excluding carboxylic acids is 2. The van der Waals surface area contributed by atoms with Crippen LogP contribution in [0.3, 0.4) is 0 Å². The molecule has 6 heteroatoms. The second kappa shape index (κ2) is 7.70. The van der Waals surface area contributed by atoms with Gasteiger partial charge in [-0.3, -0.25) is 9.59 Å². The van der Waals surface area contributed by atoms with Gasteiger partial charge in [0.15, 0.2) is 11.5 Å². The maximum Gasteiger partial charge on any atom is 0.229 e. The van der Waals surface area contributed by atoms with Gasteiger partial charge in [-0.25, -0.2) is 0 Å². The molecule has 0 radical (unpaired) electrons. The van der Waals surface area contributed by atoms with E-state index in [4.69, 9.17) is 9.47 Å². The summed E-state index contributed by atoms with van der Waals surface area (Å²) in [7, 11) is 3.11. The highest BCUT2D eigenvalue weighted by Crippen LogP contribution is 2.34. The Labute approximate surface area is 159 Å². The summed E-state index contributed by atoms with van der Waals surface area (Å²) in [6.45, 7) is 4.31. The molecule has 1 fully saturated rings. The standard InChI is InChI=1S/C21H24N2O4/c1-13-7-14(2)9-16(8-13)22-21(25)15-10-20(24)23(12-15)17-5-6-18(26-3)19(11-17)27-4/h5-9,11,15H,10,12H2,1-4H3,(H,22,25). The number of carbonyl (C=O) groups is 2. The predicted molar refractivity (Wildman–Crippen MR) is 105 cm³/mol. The van der Waals surface area contributed by atoms with Gasteiger partial charge in [0.05, 0.1) is 20.1 Å². The van der Waals surface area contributed by atoms with Gasteiger partial charge >= 0.3 is 0 Å². The van der Waals surface area contributed by atoms with Crippen LogP contribution in [0.2, 0.25) is 0 Å². The van der Waals surface area contributed by atoms with Crippen molar-refractivity contribution in [2.45, 2.75) is 20.3 Å². The number of nitrogens with zero attached hydrogens (tertiary/aromatic N) is 1. The van der Waals surface area contributed by atoms with E-state index in [9.17, 15) is 9.59 Å². The Morgan fingerprint density at radius 2 is 1.70 bits per heavy atom. The van der Waals surface area contributed by atoms with Crippen LogP contribution in [-0.4, -0.2) is 32.6 Å². The summed E-state index contributed by atoms with van der Waals surface area (Å²) in [6, 6.07) is 11.2. The van der Waals surface area contributed by atoms with E-state index >= 15 is 0 Å². The molecule has 0 aromatic heterocycles. The molecule has 1 unspecified atom stereocenters. The van der Waals surface area contributed by atoms with Crippen LogP contribution in [-0.2, 0) is 9.59 Å². The molecule has 0 spiro atoms. The van der Waals surface area contributed by atoms with Crippen molar-refractivity contribution in [3.63, 3.8) is 0 Å². The van der Waals surface area contributed by atoms with Gasteiger partial charge < -0.3 is 19.7 Å². The highest BCUT2D eigenvalue weighted by Gasteiger charge is 2.35. The van der Waals surface area contributed by atoms with Crippen molar-refractivity contribution in [3.8, 4) is 11.5 Å². The molecule has 27 heavy (non-hydrogen) atoms. The lowest BCUT2D eigenvalue weighted by molar-refractivity contribution is -0.122. The second-order valence-electron chi connectivity index (χ2n) is 6.81. The van der Waals surface area contributed by atoms with Crippen molar-refractivity contribution < 1.29 is 19.1 Å². The Kier molecular flexibility index (Phi) is 5.35. The fourth-order valence-electron chi connectivity index (χ4n) is 3.42. The molecular formula is C21H24N2O4. The summed E-state index contributed by atoms with van der Waals surface area (Å²) in [5.41, 5.74) is 3.62. The molecule has 2 aromatic carbocycles. The minimum Gasteiger partial charge on any atom is -0.493 e. The van der Waals surface area contributed by atoms with E-state index in [2.05, 4.69) is 5.32 Å². The van der Waals surface area contributed by atoms with Crippen LogP contribution in [0.5, 0.6) is 11.5 Å². The Hall–Kier alpha value is -3.02. The van der Waals surface area contributed by atoms with Crippen molar-refractivity contribution in [1.82, 2.24) is 0 Å². The number of nitrogens with one attached hydrogen (secondary N) is 1. The number of hydrogen-bond donors (Lipinski definition) is 1. The first-order chi connectivity index (χ1) is 12.9. The molecule has 1 N–H and O–H groups in total. The zero-order valence-electron chi connectivity index (χ0n) is 16.0. The van der Waals surface area contributed by atoms with Crippen LogP contribution in [0.25, 0.3) is 0 Å². The maximum atomic E-state index is 12.6. The fraction of sp³-hybridized carbons (Fsp3) is 0.333. The van der Waals surface area contributed by atoms with Gasteiger partial charge in [0.25, 0.3) is 0 Å². The molecule has 1 heterocycles. The third kappa shape index (κ3) is 4.05. The lowest BCUT2D eigenvalue weighted by atomic mass is 10.1. The second-order valence-corrected chi connectivity index (χ2v) is 6.81. The van der Waals surface area contributed by atoms with Crippen LogP contribution in [0.4, 0.5) is 11.4 Å². The average molecular weight is 368 g/mol. The molecule has 3 rings (SSSR count). The largest absolute Gasteiger partial charge is 0.493 e. The molecule has 2 amide bonds. The molecule has 2 aromatic rings. The summed E-state index contributed by atoms with van der Waals surface area (Å²) in [5.74, 6) is 0.522. The minimum atomic E-state index is -0.397. The summed E-state index contributed by atoms with van der Waals surface area (Å²) in [5, 5.41) is 2.94. The minimum absolute atomic E-state index is 0.0807. The quantitative estimate of drug-likeness (QED) is 0.879. The van der Waals surface area contributed by atoms with Gasteiger partial charge in [0.2, 0.25) is 11.8 Å². The Morgan fingerprint density at radius 1 is 1.04 bits per heavy atom. The predicted octanol–water partition coefficient (Wildman–Crippen LogP) is 3.31. The first kappa shape index (κ1) is 18.8. The van der Waals surface area contributed by atoms with Crippen molar-refractivity contribution in [1.29, 1.82) is 0 Å². The zero-order chi connectivity index (χ0) is 19.6. The van der Waals surface area contributed by atoms with E-state index in [1.54, 1.807) is 37.3 Å². The zero-order valence-corrected chi connectivity index (χ0v) is 16.0. The molecule has 1 atom stereocenters. The monoisotopic (exact) mass is 368 g/mol. The number of hydrogen-bond acceptors (Lipinski definition) is 4. The molecule has 0 aliphatic carbocycles. The Bertz CT molecular complexity index is 858. The third-order valence-electron chi connectivity index (χ3n) is 4.66. The molecule has 0 bridgehead atoms. The van der Waals surface area contributed by atoms with Crippen molar-refractivity contribution in [2.24, 2.45) is 5.92 Å². The fourth-order valence-corrected chi connectivity index (χ4v) is 3.42. The van der Waals surface area contributed by atoms with E-state index in [-0.39, 0.29) is 18.2 Å².